The van der Waals surface area contributed by atoms with E-state index in [-0.39, 0.29) is 0 Å². The van der Waals surface area contributed by atoms with Crippen molar-refractivity contribution in [3.8, 4) is 23.0 Å². The first-order chi connectivity index (χ1) is 24.1. The molecule has 49 heavy (non-hydrogen) atoms. The van der Waals surface area contributed by atoms with Gasteiger partial charge in [-0.25, -0.2) is 0 Å². The van der Waals surface area contributed by atoms with Crippen molar-refractivity contribution in [2.45, 2.75) is 0 Å². The summed E-state index contributed by atoms with van der Waals surface area (Å²) in [7, 11) is -2.49. The molecule has 0 aromatic heterocycles. The standard InChI is InChI=1S/C44H36O3P2/c1-5-33-19-25-39(26-20-33)48(37-15-11-9-12-16-37)46-43-31-35(7-3)23-29-41(43)45-42-30-24-36(8-4)32-44(42)47-49(38-17-13-10-14-18-38)40-27-21-34(6-2)22-28-40/h5-32H,1-4H2. The van der Waals surface area contributed by atoms with Gasteiger partial charge < -0.3 is 13.8 Å². The van der Waals surface area contributed by atoms with Crippen LogP contribution in [-0.4, -0.2) is 0 Å². The van der Waals surface area contributed by atoms with Gasteiger partial charge in [-0.05, 0) is 46.5 Å². The summed E-state index contributed by atoms with van der Waals surface area (Å²) in [5.74, 6) is 2.33. The van der Waals surface area contributed by atoms with Gasteiger partial charge in [0.1, 0.15) is 0 Å². The lowest BCUT2D eigenvalue weighted by molar-refractivity contribution is 0.438. The second-order valence-corrected chi connectivity index (χ2v) is 14.6. The van der Waals surface area contributed by atoms with E-state index in [1.54, 1.807) is 12.2 Å². The van der Waals surface area contributed by atoms with Gasteiger partial charge in [-0.3, -0.25) is 0 Å². The van der Waals surface area contributed by atoms with Gasteiger partial charge in [-0.2, -0.15) is 0 Å². The number of rotatable bonds is 14. The predicted octanol–water partition coefficient (Wildman–Crippen LogP) is 10.9. The Bertz CT molecular complexity index is 1900. The Morgan fingerprint density at radius 3 is 1.02 bits per heavy atom. The summed E-state index contributed by atoms with van der Waals surface area (Å²) in [6, 6.07) is 48.9. The van der Waals surface area contributed by atoms with Crippen molar-refractivity contribution in [2.75, 3.05) is 0 Å². The molecule has 2 atom stereocenters. The molecule has 6 aromatic carbocycles. The molecule has 6 rings (SSSR count). The molecule has 5 heteroatoms. The zero-order valence-corrected chi connectivity index (χ0v) is 28.9. The molecule has 0 saturated heterocycles. The summed E-state index contributed by atoms with van der Waals surface area (Å²) >= 11 is 0. The zero-order chi connectivity index (χ0) is 34.0. The Morgan fingerprint density at radius 2 is 0.673 bits per heavy atom. The minimum absolute atomic E-state index is 0.562. The van der Waals surface area contributed by atoms with Gasteiger partial charge in [-0.1, -0.05) is 172 Å². The van der Waals surface area contributed by atoms with Crippen molar-refractivity contribution >= 4 is 61.8 Å². The van der Waals surface area contributed by atoms with Crippen molar-refractivity contribution in [1.29, 1.82) is 0 Å². The van der Waals surface area contributed by atoms with Gasteiger partial charge in [-0.15, -0.1) is 0 Å². The van der Waals surface area contributed by atoms with E-state index in [4.69, 9.17) is 13.8 Å². The molecule has 0 spiro atoms. The van der Waals surface area contributed by atoms with Crippen LogP contribution in [0, 0.1) is 0 Å². The van der Waals surface area contributed by atoms with Gasteiger partial charge >= 0.3 is 0 Å². The Morgan fingerprint density at radius 1 is 0.347 bits per heavy atom. The average Bonchev–Trinajstić information content (AvgIpc) is 3.17. The van der Waals surface area contributed by atoms with Crippen LogP contribution in [0.5, 0.6) is 23.0 Å². The van der Waals surface area contributed by atoms with Crippen molar-refractivity contribution < 1.29 is 13.8 Å². The van der Waals surface area contributed by atoms with E-state index in [1.165, 1.54) is 0 Å². The fraction of sp³-hybridized carbons (Fsp3) is 0. The maximum Gasteiger partial charge on any atom is 0.169 e. The highest BCUT2D eigenvalue weighted by atomic mass is 31.1. The normalized spacial score (nSPS) is 11.8. The first-order valence-corrected chi connectivity index (χ1v) is 18.3. The summed E-state index contributed by atoms with van der Waals surface area (Å²) in [5.41, 5.74) is 3.93. The lowest BCUT2D eigenvalue weighted by atomic mass is 10.2. The monoisotopic (exact) mass is 674 g/mol. The second kappa shape index (κ2) is 16.1. The van der Waals surface area contributed by atoms with E-state index in [0.29, 0.717) is 23.0 Å². The highest BCUT2D eigenvalue weighted by molar-refractivity contribution is 7.69. The van der Waals surface area contributed by atoms with Crippen LogP contribution in [0.4, 0.5) is 0 Å². The first kappa shape index (κ1) is 33.4. The van der Waals surface area contributed by atoms with Gasteiger partial charge in [0.2, 0.25) is 0 Å². The van der Waals surface area contributed by atoms with Crippen LogP contribution in [0.3, 0.4) is 0 Å². The molecule has 240 valence electrons. The summed E-state index contributed by atoms with van der Waals surface area (Å²) in [6.07, 6.45) is 7.29. The van der Waals surface area contributed by atoms with Gasteiger partial charge in [0, 0.05) is 21.2 Å². The molecular weight excluding hydrogens is 638 g/mol. The number of hydrogen-bond donors (Lipinski definition) is 0. The molecule has 0 aliphatic rings. The van der Waals surface area contributed by atoms with Crippen molar-refractivity contribution in [1.82, 2.24) is 0 Å². The smallest absolute Gasteiger partial charge is 0.169 e. The van der Waals surface area contributed by atoms with Crippen LogP contribution in [0.1, 0.15) is 22.3 Å². The van der Waals surface area contributed by atoms with E-state index in [2.05, 4.69) is 99.1 Å². The lowest BCUT2D eigenvalue weighted by Gasteiger charge is -2.23. The number of ether oxygens (including phenoxy) is 1. The Kier molecular flexibility index (Phi) is 11.0. The summed E-state index contributed by atoms with van der Waals surface area (Å²) in [5, 5.41) is 4.29. The topological polar surface area (TPSA) is 27.7 Å². The van der Waals surface area contributed by atoms with Crippen molar-refractivity contribution in [3.05, 3.63) is 194 Å². The molecular formula is C44H36O3P2. The minimum atomic E-state index is -1.24. The van der Waals surface area contributed by atoms with E-state index < -0.39 is 16.3 Å². The SMILES string of the molecule is C=Cc1ccc(P(Oc2cc(C=C)ccc2Oc2ccc(C=C)cc2OP(c2ccccc2)c2ccc(C=C)cc2)c2ccccc2)cc1. The molecule has 0 aliphatic heterocycles. The zero-order valence-electron chi connectivity index (χ0n) is 27.1. The third-order valence-corrected chi connectivity index (χ3v) is 11.5. The molecule has 0 bridgehead atoms. The van der Waals surface area contributed by atoms with Crippen LogP contribution in [0.2, 0.25) is 0 Å². The Balaban J connectivity index is 1.40. The quantitative estimate of drug-likeness (QED) is 0.108. The third kappa shape index (κ3) is 8.16. The van der Waals surface area contributed by atoms with Crippen LogP contribution >= 0.6 is 16.3 Å². The molecule has 0 aliphatic carbocycles. The molecule has 0 saturated carbocycles. The van der Waals surface area contributed by atoms with E-state index >= 15 is 0 Å². The molecule has 2 unspecified atom stereocenters. The maximum absolute atomic E-state index is 6.94. The van der Waals surface area contributed by atoms with Crippen LogP contribution in [0.15, 0.2) is 172 Å². The molecule has 0 amide bonds. The van der Waals surface area contributed by atoms with Crippen LogP contribution in [0.25, 0.3) is 24.3 Å². The summed E-state index contributed by atoms with van der Waals surface area (Å²) in [6.45, 7) is 15.8. The minimum Gasteiger partial charge on any atom is -0.461 e. The Hall–Kier alpha value is -5.46. The van der Waals surface area contributed by atoms with Gasteiger partial charge in [0.05, 0.1) is 0 Å². The highest BCUT2D eigenvalue weighted by Gasteiger charge is 2.23. The molecule has 0 radical (unpaired) electrons. The fourth-order valence-electron chi connectivity index (χ4n) is 5.06. The molecule has 0 N–H and O–H groups in total. The fourth-order valence-corrected chi connectivity index (χ4v) is 8.48. The largest absolute Gasteiger partial charge is 0.461 e. The van der Waals surface area contributed by atoms with Crippen LogP contribution in [-0.2, 0) is 0 Å². The second-order valence-electron chi connectivity index (χ2n) is 11.0. The maximum atomic E-state index is 6.94. The summed E-state index contributed by atoms with van der Waals surface area (Å²) in [4.78, 5) is 0. The van der Waals surface area contributed by atoms with E-state index in [9.17, 15) is 0 Å². The molecule has 6 aromatic rings. The van der Waals surface area contributed by atoms with Crippen LogP contribution < -0.4 is 35.0 Å². The lowest BCUT2D eigenvalue weighted by Crippen LogP contribution is -2.16. The van der Waals surface area contributed by atoms with E-state index in [1.807, 2.05) is 84.9 Å². The molecule has 3 nitrogen and oxygen atoms in total. The van der Waals surface area contributed by atoms with Gasteiger partial charge in [0.15, 0.2) is 39.3 Å². The van der Waals surface area contributed by atoms with Crippen molar-refractivity contribution in [3.63, 3.8) is 0 Å². The number of benzene rings is 6. The molecule has 0 fully saturated rings. The van der Waals surface area contributed by atoms with E-state index in [0.717, 1.165) is 43.5 Å². The number of hydrogen-bond acceptors (Lipinski definition) is 3. The molecule has 0 heterocycles. The highest BCUT2D eigenvalue weighted by Crippen LogP contribution is 2.47. The average molecular weight is 675 g/mol. The third-order valence-electron chi connectivity index (χ3n) is 7.71. The van der Waals surface area contributed by atoms with Gasteiger partial charge in [0.25, 0.3) is 0 Å². The Labute approximate surface area is 291 Å². The van der Waals surface area contributed by atoms with Crippen molar-refractivity contribution in [2.24, 2.45) is 0 Å². The predicted molar refractivity (Wildman–Crippen MR) is 213 cm³/mol. The summed E-state index contributed by atoms with van der Waals surface area (Å²) < 4.78 is 20.6. The first-order valence-electron chi connectivity index (χ1n) is 15.8.